The topological polar surface area (TPSA) is 34.9 Å². The van der Waals surface area contributed by atoms with Crippen LogP contribution in [0.25, 0.3) is 10.9 Å². The third kappa shape index (κ3) is 2.43. The molecular weight excluding hydrogens is 291 g/mol. The number of aryl methyl sites for hydroxylation is 1. The monoisotopic (exact) mass is 302 g/mol. The number of carbonyl (C=O) groups is 1. The van der Waals surface area contributed by atoms with Gasteiger partial charge in [0, 0.05) is 29.4 Å². The zero-order valence-electron chi connectivity index (χ0n) is 11.3. The number of halogens is 2. The van der Waals surface area contributed by atoms with E-state index in [0.717, 1.165) is 10.9 Å². The Labute approximate surface area is 126 Å². The van der Waals surface area contributed by atoms with E-state index >= 15 is 0 Å². The fraction of sp³-hybridized carbons (Fsp3) is 0.125. The Morgan fingerprint density at radius 2 is 2.00 bits per heavy atom. The number of carbonyl (C=O) groups excluding carboxylic acids is 1. The second-order valence-corrected chi connectivity index (χ2v) is 5.20. The lowest BCUT2D eigenvalue weighted by Crippen LogP contribution is -2.07. The van der Waals surface area contributed by atoms with Crippen molar-refractivity contribution in [2.45, 2.75) is 6.42 Å². The molecule has 0 N–H and O–H groups in total. The summed E-state index contributed by atoms with van der Waals surface area (Å²) in [6, 6.07) is 11.8. The lowest BCUT2D eigenvalue weighted by Gasteiger charge is -2.04. The Morgan fingerprint density at radius 3 is 2.76 bits per heavy atom. The van der Waals surface area contributed by atoms with Crippen LogP contribution in [0.1, 0.15) is 16.1 Å². The summed E-state index contributed by atoms with van der Waals surface area (Å²) in [6.07, 6.45) is -0.105. The van der Waals surface area contributed by atoms with Crippen molar-refractivity contribution in [3.63, 3.8) is 0 Å². The minimum Gasteiger partial charge on any atom is -0.292 e. The molecule has 0 saturated heterocycles. The van der Waals surface area contributed by atoms with E-state index in [1.54, 1.807) is 17.8 Å². The predicted octanol–water partition coefficient (Wildman–Crippen LogP) is 3.79. The second-order valence-electron chi connectivity index (χ2n) is 4.79. The van der Waals surface area contributed by atoms with Crippen molar-refractivity contribution in [3.05, 3.63) is 64.6 Å². The van der Waals surface area contributed by atoms with Crippen molar-refractivity contribution in [1.29, 1.82) is 0 Å². The minimum absolute atomic E-state index is 0.105. The van der Waals surface area contributed by atoms with E-state index < -0.39 is 5.82 Å². The van der Waals surface area contributed by atoms with Crippen molar-refractivity contribution in [3.8, 4) is 0 Å². The van der Waals surface area contributed by atoms with Gasteiger partial charge in [0.2, 0.25) is 0 Å². The van der Waals surface area contributed by atoms with Gasteiger partial charge >= 0.3 is 0 Å². The Morgan fingerprint density at radius 1 is 1.24 bits per heavy atom. The Balaban J connectivity index is 2.02. The van der Waals surface area contributed by atoms with Gasteiger partial charge in [-0.1, -0.05) is 35.9 Å². The number of para-hydroxylation sites is 1. The highest BCUT2D eigenvalue weighted by molar-refractivity contribution is 6.31. The molecule has 5 heteroatoms. The van der Waals surface area contributed by atoms with E-state index in [2.05, 4.69) is 5.10 Å². The summed E-state index contributed by atoms with van der Waals surface area (Å²) in [4.78, 5) is 12.4. The average Bonchev–Trinajstić information content (AvgIpc) is 2.81. The molecule has 1 aromatic heterocycles. The summed E-state index contributed by atoms with van der Waals surface area (Å²) in [5.74, 6) is -0.727. The zero-order chi connectivity index (χ0) is 15.0. The van der Waals surface area contributed by atoms with Gasteiger partial charge in [-0.25, -0.2) is 4.39 Å². The number of hydrogen-bond acceptors (Lipinski definition) is 2. The highest BCUT2D eigenvalue weighted by Gasteiger charge is 2.19. The molecule has 0 amide bonds. The van der Waals surface area contributed by atoms with Crippen LogP contribution in [0.4, 0.5) is 4.39 Å². The van der Waals surface area contributed by atoms with E-state index in [1.807, 2.05) is 24.3 Å². The highest BCUT2D eigenvalue weighted by Crippen LogP contribution is 2.23. The van der Waals surface area contributed by atoms with Crippen LogP contribution in [0.2, 0.25) is 5.02 Å². The molecule has 3 rings (SSSR count). The Hall–Kier alpha value is -2.20. The van der Waals surface area contributed by atoms with Crippen molar-refractivity contribution in [1.82, 2.24) is 9.78 Å². The van der Waals surface area contributed by atoms with Gasteiger partial charge in [0.25, 0.3) is 0 Å². The Kier molecular flexibility index (Phi) is 3.47. The summed E-state index contributed by atoms with van der Waals surface area (Å²) in [5.41, 5.74) is 1.41. The van der Waals surface area contributed by atoms with E-state index in [1.165, 1.54) is 12.1 Å². The van der Waals surface area contributed by atoms with Gasteiger partial charge in [-0.05, 0) is 18.2 Å². The number of Topliss-reactive ketones (excluding diaryl/α,β-unsaturated/α-hetero) is 1. The molecule has 106 valence electrons. The normalized spacial score (nSPS) is 11.0. The first kappa shape index (κ1) is 13.8. The molecule has 0 atom stereocenters. The lowest BCUT2D eigenvalue weighted by atomic mass is 10.0. The fourth-order valence-corrected chi connectivity index (χ4v) is 2.60. The molecule has 0 aliphatic carbocycles. The molecule has 1 heterocycles. The first-order valence-corrected chi connectivity index (χ1v) is 6.83. The molecule has 3 nitrogen and oxygen atoms in total. The molecule has 0 unspecified atom stereocenters. The van der Waals surface area contributed by atoms with Crippen molar-refractivity contribution in [2.24, 2.45) is 7.05 Å². The zero-order valence-corrected chi connectivity index (χ0v) is 12.1. The van der Waals surface area contributed by atoms with Crippen LogP contribution in [0.5, 0.6) is 0 Å². The fourth-order valence-electron chi connectivity index (χ4n) is 2.37. The molecule has 0 aliphatic rings. The third-order valence-electron chi connectivity index (χ3n) is 3.42. The molecule has 0 aliphatic heterocycles. The minimum atomic E-state index is -0.476. The highest BCUT2D eigenvalue weighted by atomic mass is 35.5. The smallest absolute Gasteiger partial charge is 0.188 e. The number of benzene rings is 2. The van der Waals surface area contributed by atoms with Crippen LogP contribution in [0, 0.1) is 5.82 Å². The van der Waals surface area contributed by atoms with Gasteiger partial charge in [0.15, 0.2) is 5.78 Å². The molecule has 0 fully saturated rings. The number of nitrogens with zero attached hydrogens (tertiary/aromatic N) is 2. The molecule has 0 saturated carbocycles. The second kappa shape index (κ2) is 5.30. The maximum absolute atomic E-state index is 13.8. The quantitative estimate of drug-likeness (QED) is 0.690. The first-order chi connectivity index (χ1) is 10.1. The van der Waals surface area contributed by atoms with E-state index in [0.29, 0.717) is 5.69 Å². The maximum atomic E-state index is 13.8. The predicted molar refractivity (Wildman–Crippen MR) is 80.2 cm³/mol. The molecule has 21 heavy (non-hydrogen) atoms. The summed E-state index contributed by atoms with van der Waals surface area (Å²) in [6.45, 7) is 0. The van der Waals surface area contributed by atoms with Crippen molar-refractivity contribution in [2.75, 3.05) is 0 Å². The van der Waals surface area contributed by atoms with Crippen LogP contribution in [-0.2, 0) is 13.5 Å². The molecule has 0 bridgehead atoms. The summed E-state index contributed by atoms with van der Waals surface area (Å²) < 4.78 is 15.4. The van der Waals surface area contributed by atoms with E-state index in [4.69, 9.17) is 11.6 Å². The van der Waals surface area contributed by atoms with Crippen LogP contribution >= 0.6 is 11.6 Å². The van der Waals surface area contributed by atoms with Gasteiger partial charge in [0.05, 0.1) is 5.52 Å². The molecule has 3 aromatic rings. The summed E-state index contributed by atoms with van der Waals surface area (Å²) in [7, 11) is 1.77. The van der Waals surface area contributed by atoms with Crippen molar-refractivity contribution >= 4 is 28.3 Å². The summed E-state index contributed by atoms with van der Waals surface area (Å²) >= 11 is 5.97. The van der Waals surface area contributed by atoms with Crippen LogP contribution < -0.4 is 0 Å². The lowest BCUT2D eigenvalue weighted by molar-refractivity contribution is 0.0988. The average molecular weight is 303 g/mol. The molecule has 2 aromatic carbocycles. The van der Waals surface area contributed by atoms with Gasteiger partial charge < -0.3 is 0 Å². The number of hydrogen-bond donors (Lipinski definition) is 0. The van der Waals surface area contributed by atoms with Crippen LogP contribution in [-0.4, -0.2) is 15.6 Å². The largest absolute Gasteiger partial charge is 0.292 e. The van der Waals surface area contributed by atoms with Crippen LogP contribution in [0.15, 0.2) is 42.5 Å². The number of aromatic nitrogens is 2. The van der Waals surface area contributed by atoms with Gasteiger partial charge in [-0.3, -0.25) is 9.48 Å². The molecule has 0 spiro atoms. The van der Waals surface area contributed by atoms with Gasteiger partial charge in [-0.2, -0.15) is 5.10 Å². The van der Waals surface area contributed by atoms with Gasteiger partial charge in [0.1, 0.15) is 11.5 Å². The van der Waals surface area contributed by atoms with Crippen LogP contribution in [0.3, 0.4) is 0 Å². The van der Waals surface area contributed by atoms with Crippen molar-refractivity contribution < 1.29 is 9.18 Å². The number of ketones is 1. The SMILES string of the molecule is Cn1nc(C(=O)Cc2c(F)cccc2Cl)c2ccccc21. The third-order valence-corrected chi connectivity index (χ3v) is 3.78. The summed E-state index contributed by atoms with van der Waals surface area (Å²) in [5, 5.41) is 5.26. The maximum Gasteiger partial charge on any atom is 0.188 e. The first-order valence-electron chi connectivity index (χ1n) is 6.45. The Bertz CT molecular complexity index is 821. The number of fused-ring (bicyclic) bond motifs is 1. The van der Waals surface area contributed by atoms with E-state index in [9.17, 15) is 9.18 Å². The standard InChI is InChI=1S/C16H12ClFN2O/c1-20-14-8-3-2-5-10(14)16(19-20)15(21)9-11-12(17)6-4-7-13(11)18/h2-8H,9H2,1H3. The molecule has 0 radical (unpaired) electrons. The van der Waals surface area contributed by atoms with E-state index in [-0.39, 0.29) is 22.8 Å². The van der Waals surface area contributed by atoms with Gasteiger partial charge in [-0.15, -0.1) is 0 Å². The number of rotatable bonds is 3. The molecular formula is C16H12ClFN2O.